The third kappa shape index (κ3) is 3.09. The molecule has 0 saturated heterocycles. The molecule has 2 aromatic rings. The Labute approximate surface area is 135 Å². The topological polar surface area (TPSA) is 3.88 Å². The van der Waals surface area contributed by atoms with Crippen molar-refractivity contribution in [2.24, 2.45) is 13.0 Å². The Morgan fingerprint density at radius 2 is 1.73 bits per heavy atom. The highest BCUT2D eigenvalue weighted by atomic mass is 14.9. The van der Waals surface area contributed by atoms with E-state index in [1.54, 1.807) is 0 Å². The van der Waals surface area contributed by atoms with Crippen LogP contribution in [0.5, 0.6) is 0 Å². The second-order valence-corrected chi connectivity index (χ2v) is 7.15. The van der Waals surface area contributed by atoms with E-state index < -0.39 is 0 Å². The highest BCUT2D eigenvalue weighted by Crippen LogP contribution is 2.29. The highest BCUT2D eigenvalue weighted by Gasteiger charge is 2.20. The van der Waals surface area contributed by atoms with E-state index in [9.17, 15) is 0 Å². The van der Waals surface area contributed by atoms with Crippen LogP contribution in [0.15, 0.2) is 30.5 Å². The summed E-state index contributed by atoms with van der Waals surface area (Å²) in [5.41, 5.74) is 8.34. The van der Waals surface area contributed by atoms with E-state index in [1.165, 1.54) is 65.6 Å². The third-order valence-corrected chi connectivity index (χ3v) is 5.23. The van der Waals surface area contributed by atoms with Gasteiger partial charge in [0.15, 0.2) is 6.20 Å². The standard InChI is InChI=1S/C21H28N/c1-15-9-10-20(17(3)11-15)21-12-16(2)19(14-22(21)4)13-18-7-5-6-8-18/h9-12,14,18H,5-8,13H2,1-4H3/q+1. The zero-order chi connectivity index (χ0) is 15.7. The van der Waals surface area contributed by atoms with Gasteiger partial charge in [-0.1, -0.05) is 43.4 Å². The molecule has 0 aliphatic heterocycles. The normalized spacial score (nSPS) is 15.5. The lowest BCUT2D eigenvalue weighted by molar-refractivity contribution is -0.660. The molecule has 0 unspecified atom stereocenters. The molecule has 1 heteroatoms. The van der Waals surface area contributed by atoms with Crippen molar-refractivity contribution in [2.45, 2.75) is 52.9 Å². The number of pyridine rings is 1. The van der Waals surface area contributed by atoms with Crippen molar-refractivity contribution in [3.63, 3.8) is 0 Å². The summed E-state index contributed by atoms with van der Waals surface area (Å²) in [6, 6.07) is 9.12. The predicted molar refractivity (Wildman–Crippen MR) is 92.9 cm³/mol. The minimum Gasteiger partial charge on any atom is -0.201 e. The molecule has 0 amide bonds. The van der Waals surface area contributed by atoms with Crippen molar-refractivity contribution in [2.75, 3.05) is 0 Å². The molecule has 1 heterocycles. The minimum atomic E-state index is 0.908. The molecule has 22 heavy (non-hydrogen) atoms. The molecular weight excluding hydrogens is 266 g/mol. The Hall–Kier alpha value is -1.63. The maximum atomic E-state index is 2.38. The molecule has 1 fully saturated rings. The summed E-state index contributed by atoms with van der Waals surface area (Å²) >= 11 is 0. The minimum absolute atomic E-state index is 0.908. The fourth-order valence-corrected chi connectivity index (χ4v) is 3.91. The first-order valence-corrected chi connectivity index (χ1v) is 8.61. The Balaban J connectivity index is 1.94. The van der Waals surface area contributed by atoms with Gasteiger partial charge in [-0.05, 0) is 50.3 Å². The number of aryl methyl sites for hydroxylation is 4. The second-order valence-electron chi connectivity index (χ2n) is 7.15. The highest BCUT2D eigenvalue weighted by molar-refractivity contribution is 5.62. The molecule has 0 spiro atoms. The summed E-state index contributed by atoms with van der Waals surface area (Å²) in [7, 11) is 2.19. The van der Waals surface area contributed by atoms with Gasteiger partial charge in [-0.3, -0.25) is 0 Å². The van der Waals surface area contributed by atoms with Crippen LogP contribution < -0.4 is 4.57 Å². The van der Waals surface area contributed by atoms with Gasteiger partial charge in [0.2, 0.25) is 5.69 Å². The molecule has 1 nitrogen and oxygen atoms in total. The Morgan fingerprint density at radius 3 is 2.41 bits per heavy atom. The molecule has 1 saturated carbocycles. The molecule has 1 aromatic heterocycles. The van der Waals surface area contributed by atoms with Gasteiger partial charge in [0, 0.05) is 17.2 Å². The fraction of sp³-hybridized carbons (Fsp3) is 0.476. The number of hydrogen-bond donors (Lipinski definition) is 0. The number of benzene rings is 1. The maximum Gasteiger partial charge on any atom is 0.212 e. The Bertz CT molecular complexity index is 679. The van der Waals surface area contributed by atoms with E-state index in [0.29, 0.717) is 0 Å². The van der Waals surface area contributed by atoms with E-state index >= 15 is 0 Å². The smallest absolute Gasteiger partial charge is 0.201 e. The summed E-state index contributed by atoms with van der Waals surface area (Å²) in [5.74, 6) is 0.908. The van der Waals surface area contributed by atoms with Gasteiger partial charge >= 0.3 is 0 Å². The van der Waals surface area contributed by atoms with E-state index in [2.05, 4.69) is 62.8 Å². The lowest BCUT2D eigenvalue weighted by Crippen LogP contribution is -2.32. The van der Waals surface area contributed by atoms with Crippen molar-refractivity contribution in [1.82, 2.24) is 0 Å². The molecule has 1 aromatic carbocycles. The molecule has 3 rings (SSSR count). The molecule has 0 bridgehead atoms. The van der Waals surface area contributed by atoms with E-state index in [-0.39, 0.29) is 0 Å². The van der Waals surface area contributed by atoms with Crippen LogP contribution in [0, 0.1) is 26.7 Å². The molecule has 0 atom stereocenters. The van der Waals surface area contributed by atoms with Gasteiger partial charge < -0.3 is 0 Å². The van der Waals surface area contributed by atoms with Crippen molar-refractivity contribution >= 4 is 0 Å². The molecule has 0 radical (unpaired) electrons. The first-order chi connectivity index (χ1) is 10.5. The third-order valence-electron chi connectivity index (χ3n) is 5.23. The zero-order valence-electron chi connectivity index (χ0n) is 14.4. The Kier molecular flexibility index (Phi) is 4.33. The van der Waals surface area contributed by atoms with Gasteiger partial charge in [0.25, 0.3) is 0 Å². The number of rotatable bonds is 3. The largest absolute Gasteiger partial charge is 0.212 e. The SMILES string of the molecule is Cc1ccc(-c2cc(C)c(CC3CCCC3)c[n+]2C)c(C)c1. The number of aromatic nitrogens is 1. The number of nitrogens with zero attached hydrogens (tertiary/aromatic N) is 1. The van der Waals surface area contributed by atoms with Crippen LogP contribution in [0.2, 0.25) is 0 Å². The maximum absolute atomic E-state index is 2.38. The molecule has 1 aliphatic rings. The van der Waals surface area contributed by atoms with Gasteiger partial charge in [0.1, 0.15) is 7.05 Å². The quantitative estimate of drug-likeness (QED) is 0.713. The van der Waals surface area contributed by atoms with Gasteiger partial charge in [-0.15, -0.1) is 0 Å². The van der Waals surface area contributed by atoms with Gasteiger partial charge in [-0.2, -0.15) is 0 Å². The first kappa shape index (κ1) is 15.3. The predicted octanol–water partition coefficient (Wildman–Crippen LogP) is 4.84. The summed E-state index contributed by atoms with van der Waals surface area (Å²) in [5, 5.41) is 0. The summed E-state index contributed by atoms with van der Waals surface area (Å²) in [6.07, 6.45) is 9.31. The molecule has 1 aliphatic carbocycles. The summed E-state index contributed by atoms with van der Waals surface area (Å²) < 4.78 is 2.31. The average molecular weight is 294 g/mol. The molecule has 0 N–H and O–H groups in total. The number of hydrogen-bond acceptors (Lipinski definition) is 0. The van der Waals surface area contributed by atoms with Crippen LogP contribution in [-0.4, -0.2) is 0 Å². The molecule has 116 valence electrons. The van der Waals surface area contributed by atoms with E-state index in [1.807, 2.05) is 0 Å². The summed E-state index contributed by atoms with van der Waals surface area (Å²) in [4.78, 5) is 0. The first-order valence-electron chi connectivity index (χ1n) is 8.61. The summed E-state index contributed by atoms with van der Waals surface area (Å²) in [6.45, 7) is 6.65. The van der Waals surface area contributed by atoms with Gasteiger partial charge in [0.05, 0.1) is 0 Å². The van der Waals surface area contributed by atoms with Crippen LogP contribution in [0.3, 0.4) is 0 Å². The van der Waals surface area contributed by atoms with Crippen molar-refractivity contribution < 1.29 is 4.57 Å². The van der Waals surface area contributed by atoms with Crippen molar-refractivity contribution in [3.05, 3.63) is 52.7 Å². The van der Waals surface area contributed by atoms with Crippen molar-refractivity contribution in [3.8, 4) is 11.3 Å². The van der Waals surface area contributed by atoms with Crippen LogP contribution in [0.1, 0.15) is 47.9 Å². The van der Waals surface area contributed by atoms with Gasteiger partial charge in [-0.25, -0.2) is 4.57 Å². The average Bonchev–Trinajstić information content (AvgIpc) is 2.96. The lowest BCUT2D eigenvalue weighted by atomic mass is 9.94. The fourth-order valence-electron chi connectivity index (χ4n) is 3.91. The second kappa shape index (κ2) is 6.24. The lowest BCUT2D eigenvalue weighted by Gasteiger charge is -2.12. The van der Waals surface area contributed by atoms with E-state index in [4.69, 9.17) is 0 Å². The Morgan fingerprint density at radius 1 is 1.00 bits per heavy atom. The van der Waals surface area contributed by atoms with Crippen LogP contribution in [-0.2, 0) is 13.5 Å². The van der Waals surface area contributed by atoms with Crippen molar-refractivity contribution in [1.29, 1.82) is 0 Å². The monoisotopic (exact) mass is 294 g/mol. The zero-order valence-corrected chi connectivity index (χ0v) is 14.4. The molecular formula is C21H28N+. The van der Waals surface area contributed by atoms with Crippen LogP contribution in [0.25, 0.3) is 11.3 Å². The van der Waals surface area contributed by atoms with Crippen LogP contribution in [0.4, 0.5) is 0 Å². The van der Waals surface area contributed by atoms with E-state index in [0.717, 1.165) is 5.92 Å². The van der Waals surface area contributed by atoms with Crippen LogP contribution >= 0.6 is 0 Å².